The molecule has 4 nitrogen and oxygen atoms in total. The van der Waals surface area contributed by atoms with Crippen molar-refractivity contribution in [3.63, 3.8) is 0 Å². The maximum Gasteiger partial charge on any atom is 0.227 e. The number of alkyl halides is 1. The van der Waals surface area contributed by atoms with Crippen LogP contribution in [0, 0.1) is 25.6 Å². The minimum absolute atomic E-state index is 0.126. The molecule has 0 saturated carbocycles. The van der Waals surface area contributed by atoms with Gasteiger partial charge in [-0.25, -0.2) is 8.78 Å². The van der Waals surface area contributed by atoms with Gasteiger partial charge in [-0.05, 0) is 74.7 Å². The molecule has 1 fully saturated rings. The van der Waals surface area contributed by atoms with E-state index in [1.165, 1.54) is 6.07 Å². The van der Waals surface area contributed by atoms with Gasteiger partial charge in [0, 0.05) is 43.0 Å². The smallest absolute Gasteiger partial charge is 0.227 e. The summed E-state index contributed by atoms with van der Waals surface area (Å²) in [5.41, 5.74) is 4.32. The number of carbonyl (C=O) groups excluding carboxylic acids is 1. The van der Waals surface area contributed by atoms with E-state index in [1.54, 1.807) is 6.07 Å². The summed E-state index contributed by atoms with van der Waals surface area (Å²) in [5.74, 6) is -0.741. The fourth-order valence-electron chi connectivity index (χ4n) is 4.19. The van der Waals surface area contributed by atoms with Crippen molar-refractivity contribution in [2.24, 2.45) is 5.92 Å². The van der Waals surface area contributed by atoms with Gasteiger partial charge in [-0.1, -0.05) is 19.1 Å². The minimum Gasteiger partial charge on any atom is -0.370 e. The molecule has 2 aromatic carbocycles. The van der Waals surface area contributed by atoms with Gasteiger partial charge in [0.1, 0.15) is 12.5 Å². The Balaban J connectivity index is 1.63. The molecule has 1 saturated heterocycles. The number of halogens is 2. The van der Waals surface area contributed by atoms with Crippen molar-refractivity contribution < 1.29 is 13.6 Å². The highest BCUT2D eigenvalue weighted by Crippen LogP contribution is 2.26. The number of hydrogen-bond donors (Lipinski definition) is 1. The molecular weight excluding hydrogens is 396 g/mol. The lowest BCUT2D eigenvalue weighted by atomic mass is 9.94. The van der Waals surface area contributed by atoms with Crippen molar-refractivity contribution in [3.8, 4) is 0 Å². The van der Waals surface area contributed by atoms with Gasteiger partial charge in [0.05, 0.1) is 0 Å². The summed E-state index contributed by atoms with van der Waals surface area (Å²) >= 11 is 0. The number of hydrogen-bond acceptors (Lipinski definition) is 3. The highest BCUT2D eigenvalue weighted by molar-refractivity contribution is 5.93. The zero-order valence-electron chi connectivity index (χ0n) is 18.9. The zero-order chi connectivity index (χ0) is 22.5. The molecular formula is C25H33F2N3O. The SMILES string of the molecule is Cc1ccc(F)c(CC(C)C(=O)Nc2cccc(N3CCC(N(C)CCF)C3)c2)c1C. The van der Waals surface area contributed by atoms with Crippen LogP contribution >= 0.6 is 0 Å². The Hall–Kier alpha value is -2.47. The minimum atomic E-state index is -0.357. The predicted octanol–water partition coefficient (Wildman–Crippen LogP) is 4.74. The average molecular weight is 430 g/mol. The number of nitrogens with zero attached hydrogens (tertiary/aromatic N) is 2. The quantitative estimate of drug-likeness (QED) is 0.658. The van der Waals surface area contributed by atoms with E-state index in [0.29, 0.717) is 24.6 Å². The lowest BCUT2D eigenvalue weighted by Crippen LogP contribution is -2.35. The third kappa shape index (κ3) is 5.62. The molecule has 168 valence electrons. The van der Waals surface area contributed by atoms with Crippen LogP contribution in [0.25, 0.3) is 0 Å². The number of rotatable bonds is 8. The first-order valence-corrected chi connectivity index (χ1v) is 11.0. The van der Waals surface area contributed by atoms with Crippen LogP contribution < -0.4 is 10.2 Å². The average Bonchev–Trinajstić information content (AvgIpc) is 3.25. The molecule has 1 aliphatic heterocycles. The monoisotopic (exact) mass is 429 g/mol. The Morgan fingerprint density at radius 2 is 2.06 bits per heavy atom. The summed E-state index contributed by atoms with van der Waals surface area (Å²) in [6.45, 7) is 7.54. The fraction of sp³-hybridized carbons (Fsp3) is 0.480. The van der Waals surface area contributed by atoms with E-state index in [2.05, 4.69) is 15.1 Å². The van der Waals surface area contributed by atoms with Crippen molar-refractivity contribution in [1.29, 1.82) is 0 Å². The first-order chi connectivity index (χ1) is 14.8. The molecule has 0 radical (unpaired) electrons. The molecule has 0 aliphatic carbocycles. The summed E-state index contributed by atoms with van der Waals surface area (Å²) in [5, 5.41) is 2.99. The Kier molecular flexibility index (Phi) is 7.65. The van der Waals surface area contributed by atoms with Crippen molar-refractivity contribution in [1.82, 2.24) is 4.90 Å². The van der Waals surface area contributed by atoms with Gasteiger partial charge < -0.3 is 10.2 Å². The second-order valence-electron chi connectivity index (χ2n) is 8.67. The number of likely N-dealkylation sites (N-methyl/N-ethyl adjacent to an activating group) is 1. The predicted molar refractivity (Wildman–Crippen MR) is 123 cm³/mol. The molecule has 0 spiro atoms. The van der Waals surface area contributed by atoms with Crippen LogP contribution in [0.3, 0.4) is 0 Å². The summed E-state index contributed by atoms with van der Waals surface area (Å²) in [6, 6.07) is 11.4. The molecule has 2 atom stereocenters. The van der Waals surface area contributed by atoms with Gasteiger partial charge in [-0.3, -0.25) is 9.69 Å². The molecule has 0 aromatic heterocycles. The highest BCUT2D eigenvalue weighted by atomic mass is 19.1. The third-order valence-electron chi connectivity index (χ3n) is 6.47. The van der Waals surface area contributed by atoms with Crippen LogP contribution in [0.15, 0.2) is 36.4 Å². The van der Waals surface area contributed by atoms with Crippen LogP contribution in [-0.2, 0) is 11.2 Å². The van der Waals surface area contributed by atoms with Gasteiger partial charge >= 0.3 is 0 Å². The Bertz CT molecular complexity index is 918. The van der Waals surface area contributed by atoms with Crippen LogP contribution in [-0.4, -0.2) is 50.2 Å². The van der Waals surface area contributed by atoms with E-state index >= 15 is 0 Å². The number of amides is 1. The largest absolute Gasteiger partial charge is 0.370 e. The zero-order valence-corrected chi connectivity index (χ0v) is 18.9. The van der Waals surface area contributed by atoms with Gasteiger partial charge in [0.25, 0.3) is 0 Å². The molecule has 2 aromatic rings. The molecule has 1 N–H and O–H groups in total. The molecule has 0 bridgehead atoms. The number of carbonyl (C=O) groups is 1. The maximum absolute atomic E-state index is 14.3. The normalized spacial score (nSPS) is 17.3. The number of aryl methyl sites for hydroxylation is 1. The Labute approximate surface area is 184 Å². The van der Waals surface area contributed by atoms with Gasteiger partial charge in [0.2, 0.25) is 5.91 Å². The van der Waals surface area contributed by atoms with Gasteiger partial charge in [-0.15, -0.1) is 0 Å². The number of anilines is 2. The lowest BCUT2D eigenvalue weighted by Gasteiger charge is -2.24. The summed E-state index contributed by atoms with van der Waals surface area (Å²) in [6.07, 6.45) is 1.35. The topological polar surface area (TPSA) is 35.6 Å². The highest BCUT2D eigenvalue weighted by Gasteiger charge is 2.26. The third-order valence-corrected chi connectivity index (χ3v) is 6.47. The molecule has 31 heavy (non-hydrogen) atoms. The van der Waals surface area contributed by atoms with E-state index in [-0.39, 0.29) is 24.3 Å². The molecule has 2 unspecified atom stereocenters. The Morgan fingerprint density at radius 3 is 2.81 bits per heavy atom. The Morgan fingerprint density at radius 1 is 1.29 bits per heavy atom. The van der Waals surface area contributed by atoms with Crippen molar-refractivity contribution in [2.45, 2.75) is 39.7 Å². The van der Waals surface area contributed by atoms with E-state index in [0.717, 1.165) is 42.0 Å². The van der Waals surface area contributed by atoms with E-state index < -0.39 is 0 Å². The molecule has 3 rings (SSSR count). The van der Waals surface area contributed by atoms with Gasteiger partial charge in [-0.2, -0.15) is 0 Å². The summed E-state index contributed by atoms with van der Waals surface area (Å²) in [7, 11) is 1.96. The van der Waals surface area contributed by atoms with Crippen LogP contribution in [0.4, 0.5) is 20.2 Å². The second-order valence-corrected chi connectivity index (χ2v) is 8.67. The van der Waals surface area contributed by atoms with Crippen molar-refractivity contribution in [3.05, 3.63) is 58.9 Å². The van der Waals surface area contributed by atoms with Crippen LogP contribution in [0.5, 0.6) is 0 Å². The van der Waals surface area contributed by atoms with E-state index in [9.17, 15) is 13.6 Å². The van der Waals surface area contributed by atoms with Crippen molar-refractivity contribution >= 4 is 17.3 Å². The second kappa shape index (κ2) is 10.2. The number of nitrogens with one attached hydrogen (secondary N) is 1. The van der Waals surface area contributed by atoms with Crippen LogP contribution in [0.2, 0.25) is 0 Å². The molecule has 6 heteroatoms. The molecule has 1 amide bonds. The first kappa shape index (κ1) is 23.2. The van der Waals surface area contributed by atoms with Crippen LogP contribution in [0.1, 0.15) is 30.0 Å². The van der Waals surface area contributed by atoms with Gasteiger partial charge in [0.15, 0.2) is 0 Å². The standard InChI is InChI=1S/C25H33F2N3O/c1-17-8-9-24(27)23(19(17)3)14-18(2)25(31)28-20-6-5-7-21(15-20)30-12-10-22(16-30)29(4)13-11-26/h5-9,15,18,22H,10-14,16H2,1-4H3,(H,28,31). The van der Waals surface area contributed by atoms with E-state index in [4.69, 9.17) is 0 Å². The van der Waals surface area contributed by atoms with Crippen molar-refractivity contribution in [2.75, 3.05) is 43.6 Å². The first-order valence-electron chi connectivity index (χ1n) is 11.0. The number of benzene rings is 2. The molecule has 1 heterocycles. The fourth-order valence-corrected chi connectivity index (χ4v) is 4.19. The lowest BCUT2D eigenvalue weighted by molar-refractivity contribution is -0.119. The molecule has 1 aliphatic rings. The summed E-state index contributed by atoms with van der Waals surface area (Å²) < 4.78 is 26.9. The van der Waals surface area contributed by atoms with E-state index in [1.807, 2.05) is 52.1 Å². The summed E-state index contributed by atoms with van der Waals surface area (Å²) in [4.78, 5) is 17.1. The maximum atomic E-state index is 14.3.